The van der Waals surface area contributed by atoms with Crippen molar-refractivity contribution in [1.29, 1.82) is 0 Å². The first kappa shape index (κ1) is 14.7. The third-order valence-corrected chi connectivity index (χ3v) is 2.78. The molecule has 0 bridgehead atoms. The average Bonchev–Trinajstić information content (AvgIpc) is 2.43. The van der Waals surface area contributed by atoms with E-state index in [9.17, 15) is 18.9 Å². The molecule has 7 heteroatoms. The number of nitro benzene ring substituents is 1. The molecular weight excluding hydrogens is 280 g/mol. The number of hydrogen-bond acceptors (Lipinski definition) is 4. The number of rotatable bonds is 5. The molecule has 2 aromatic carbocycles. The van der Waals surface area contributed by atoms with Gasteiger partial charge in [0, 0.05) is 12.6 Å². The molecule has 2 N–H and O–H groups in total. The van der Waals surface area contributed by atoms with Crippen LogP contribution in [-0.2, 0) is 0 Å². The summed E-state index contributed by atoms with van der Waals surface area (Å²) in [5.74, 6) is -1.33. The molecule has 0 aromatic heterocycles. The predicted molar refractivity (Wildman–Crippen MR) is 76.9 cm³/mol. The van der Waals surface area contributed by atoms with Crippen molar-refractivity contribution < 1.29 is 13.7 Å². The van der Waals surface area contributed by atoms with Crippen molar-refractivity contribution in [2.45, 2.75) is 6.92 Å². The van der Waals surface area contributed by atoms with Crippen LogP contribution in [-0.4, -0.2) is 11.5 Å². The Hall–Kier alpha value is -2.70. The number of nitrogens with zero attached hydrogens (tertiary/aromatic N) is 1. The number of benzene rings is 2. The van der Waals surface area contributed by atoms with Crippen LogP contribution < -0.4 is 10.6 Å². The molecular formula is C14H13F2N3O2. The number of nitrogens with one attached hydrogen (secondary N) is 2. The number of para-hydroxylation sites is 1. The van der Waals surface area contributed by atoms with Crippen LogP contribution in [0.5, 0.6) is 0 Å². The Kier molecular flexibility index (Phi) is 4.32. The second kappa shape index (κ2) is 6.17. The molecule has 2 aromatic rings. The van der Waals surface area contributed by atoms with Gasteiger partial charge < -0.3 is 10.6 Å². The van der Waals surface area contributed by atoms with Gasteiger partial charge in [0.05, 0.1) is 10.6 Å². The van der Waals surface area contributed by atoms with Crippen molar-refractivity contribution in [2.75, 3.05) is 17.2 Å². The molecule has 0 aliphatic carbocycles. The third-order valence-electron chi connectivity index (χ3n) is 2.78. The molecule has 0 saturated carbocycles. The molecule has 0 amide bonds. The summed E-state index contributed by atoms with van der Waals surface area (Å²) < 4.78 is 26.8. The van der Waals surface area contributed by atoms with Crippen molar-refractivity contribution in [2.24, 2.45) is 0 Å². The Labute approximate surface area is 119 Å². The maximum Gasteiger partial charge on any atom is 0.315 e. The van der Waals surface area contributed by atoms with Gasteiger partial charge in [-0.1, -0.05) is 6.07 Å². The predicted octanol–water partition coefficient (Wildman–Crippen LogP) is 4.05. The molecule has 0 saturated heterocycles. The van der Waals surface area contributed by atoms with Crippen LogP contribution >= 0.6 is 0 Å². The zero-order valence-corrected chi connectivity index (χ0v) is 11.2. The minimum Gasteiger partial charge on any atom is -0.380 e. The molecule has 0 aliphatic rings. The lowest BCUT2D eigenvalue weighted by Gasteiger charge is -2.11. The Morgan fingerprint density at radius 3 is 2.52 bits per heavy atom. The Bertz CT molecular complexity index is 677. The summed E-state index contributed by atoms with van der Waals surface area (Å²) in [7, 11) is 0. The Balaban J connectivity index is 2.46. The van der Waals surface area contributed by atoms with Crippen molar-refractivity contribution in [3.8, 4) is 0 Å². The maximum absolute atomic E-state index is 13.6. The van der Waals surface area contributed by atoms with Gasteiger partial charge in [-0.05, 0) is 31.2 Å². The SMILES string of the molecule is CCNc1cccc(Nc2cc(F)ccc2F)c1[N+](=O)[O-]. The normalized spacial score (nSPS) is 10.2. The molecule has 0 radical (unpaired) electrons. The molecule has 110 valence electrons. The fourth-order valence-electron chi connectivity index (χ4n) is 1.91. The van der Waals surface area contributed by atoms with E-state index in [1.807, 2.05) is 0 Å². The monoisotopic (exact) mass is 293 g/mol. The summed E-state index contributed by atoms with van der Waals surface area (Å²) >= 11 is 0. The van der Waals surface area contributed by atoms with Crippen LogP contribution in [0.1, 0.15) is 6.92 Å². The molecule has 0 heterocycles. The molecule has 2 rings (SSSR count). The van der Waals surface area contributed by atoms with Gasteiger partial charge in [-0.25, -0.2) is 8.78 Å². The summed E-state index contributed by atoms with van der Waals surface area (Å²) in [4.78, 5) is 10.6. The van der Waals surface area contributed by atoms with Gasteiger partial charge in [-0.15, -0.1) is 0 Å². The van der Waals surface area contributed by atoms with Gasteiger partial charge in [-0.3, -0.25) is 10.1 Å². The highest BCUT2D eigenvalue weighted by molar-refractivity contribution is 5.79. The minimum atomic E-state index is -0.695. The maximum atomic E-state index is 13.6. The van der Waals surface area contributed by atoms with E-state index in [1.165, 1.54) is 6.07 Å². The van der Waals surface area contributed by atoms with Crippen molar-refractivity contribution in [1.82, 2.24) is 0 Å². The first-order chi connectivity index (χ1) is 10.0. The summed E-state index contributed by atoms with van der Waals surface area (Å²) in [5.41, 5.74) is 0.0158. The third kappa shape index (κ3) is 3.25. The molecule has 21 heavy (non-hydrogen) atoms. The van der Waals surface area contributed by atoms with Crippen LogP contribution in [0.2, 0.25) is 0 Å². The minimum absolute atomic E-state index is 0.0861. The van der Waals surface area contributed by atoms with Gasteiger partial charge in [-0.2, -0.15) is 0 Å². The van der Waals surface area contributed by atoms with E-state index in [0.717, 1.165) is 18.2 Å². The smallest absolute Gasteiger partial charge is 0.315 e. The Morgan fingerprint density at radius 2 is 1.86 bits per heavy atom. The zero-order valence-electron chi connectivity index (χ0n) is 11.2. The van der Waals surface area contributed by atoms with E-state index >= 15 is 0 Å². The fraction of sp³-hybridized carbons (Fsp3) is 0.143. The van der Waals surface area contributed by atoms with Gasteiger partial charge in [0.1, 0.15) is 23.0 Å². The van der Waals surface area contributed by atoms with E-state index in [-0.39, 0.29) is 17.1 Å². The van der Waals surface area contributed by atoms with Crippen LogP contribution in [0.3, 0.4) is 0 Å². The van der Waals surface area contributed by atoms with Gasteiger partial charge >= 0.3 is 5.69 Å². The second-order valence-electron chi connectivity index (χ2n) is 4.24. The lowest BCUT2D eigenvalue weighted by atomic mass is 10.2. The molecule has 5 nitrogen and oxygen atoms in total. The van der Waals surface area contributed by atoms with E-state index in [2.05, 4.69) is 10.6 Å². The van der Waals surface area contributed by atoms with E-state index in [1.54, 1.807) is 19.1 Å². The van der Waals surface area contributed by atoms with Crippen LogP contribution in [0.4, 0.5) is 31.5 Å². The highest BCUT2D eigenvalue weighted by Crippen LogP contribution is 2.35. The van der Waals surface area contributed by atoms with E-state index in [0.29, 0.717) is 12.2 Å². The summed E-state index contributed by atoms with van der Waals surface area (Å²) in [5, 5.41) is 16.6. The number of nitro groups is 1. The van der Waals surface area contributed by atoms with Crippen molar-refractivity contribution in [3.63, 3.8) is 0 Å². The first-order valence-electron chi connectivity index (χ1n) is 6.26. The highest BCUT2D eigenvalue weighted by atomic mass is 19.1. The summed E-state index contributed by atoms with van der Waals surface area (Å²) in [6.07, 6.45) is 0. The molecule has 0 atom stereocenters. The summed E-state index contributed by atoms with van der Waals surface area (Å²) in [6, 6.07) is 7.45. The first-order valence-corrected chi connectivity index (χ1v) is 6.26. The molecule has 0 unspecified atom stereocenters. The average molecular weight is 293 g/mol. The quantitative estimate of drug-likeness (QED) is 0.644. The van der Waals surface area contributed by atoms with Gasteiger partial charge in [0.2, 0.25) is 0 Å². The van der Waals surface area contributed by atoms with E-state index < -0.39 is 16.6 Å². The zero-order chi connectivity index (χ0) is 15.4. The second-order valence-corrected chi connectivity index (χ2v) is 4.24. The summed E-state index contributed by atoms with van der Waals surface area (Å²) in [6.45, 7) is 2.30. The van der Waals surface area contributed by atoms with Crippen molar-refractivity contribution in [3.05, 3.63) is 58.1 Å². The van der Waals surface area contributed by atoms with Crippen LogP contribution in [0.25, 0.3) is 0 Å². The standard InChI is InChI=1S/C14H13F2N3O2/c1-2-17-11-4-3-5-12(14(11)19(20)21)18-13-8-9(15)6-7-10(13)16/h3-8,17-18H,2H2,1H3. The topological polar surface area (TPSA) is 67.2 Å². The lowest BCUT2D eigenvalue weighted by Crippen LogP contribution is -2.04. The van der Waals surface area contributed by atoms with Crippen LogP contribution in [0.15, 0.2) is 36.4 Å². The van der Waals surface area contributed by atoms with Crippen LogP contribution in [0, 0.1) is 21.7 Å². The Morgan fingerprint density at radius 1 is 1.14 bits per heavy atom. The molecule has 0 aliphatic heterocycles. The largest absolute Gasteiger partial charge is 0.380 e. The highest BCUT2D eigenvalue weighted by Gasteiger charge is 2.20. The van der Waals surface area contributed by atoms with Crippen molar-refractivity contribution >= 4 is 22.7 Å². The molecule has 0 fully saturated rings. The fourth-order valence-corrected chi connectivity index (χ4v) is 1.91. The number of halogens is 2. The molecule has 0 spiro atoms. The van der Waals surface area contributed by atoms with E-state index in [4.69, 9.17) is 0 Å². The number of hydrogen-bond donors (Lipinski definition) is 2. The van der Waals surface area contributed by atoms with Gasteiger partial charge in [0.15, 0.2) is 0 Å². The van der Waals surface area contributed by atoms with Gasteiger partial charge in [0.25, 0.3) is 0 Å². The lowest BCUT2D eigenvalue weighted by molar-refractivity contribution is -0.383. The number of anilines is 3.